The standard InChI is InChI=1S/C11H7Cl2N3O3S/c12-6-3-5(14)1-2-7(6)15-11(17)9-4-8(16(18)19)10(13)20-9/h1-4H,14H2,(H,15,17). The minimum atomic E-state index is -0.647. The van der Waals surface area contributed by atoms with E-state index in [0.717, 1.165) is 17.4 Å². The highest BCUT2D eigenvalue weighted by atomic mass is 35.5. The van der Waals surface area contributed by atoms with Crippen LogP contribution in [0.15, 0.2) is 24.3 Å². The maximum absolute atomic E-state index is 12.0. The van der Waals surface area contributed by atoms with Gasteiger partial charge in [-0.2, -0.15) is 0 Å². The van der Waals surface area contributed by atoms with Crippen LogP contribution in [0.3, 0.4) is 0 Å². The number of nitrogens with zero attached hydrogens (tertiary/aromatic N) is 1. The highest BCUT2D eigenvalue weighted by Gasteiger charge is 2.21. The van der Waals surface area contributed by atoms with Gasteiger partial charge in [0.25, 0.3) is 11.6 Å². The zero-order chi connectivity index (χ0) is 14.9. The molecule has 1 aromatic carbocycles. The lowest BCUT2D eigenvalue weighted by molar-refractivity contribution is -0.384. The normalized spacial score (nSPS) is 10.3. The van der Waals surface area contributed by atoms with Gasteiger partial charge in [0, 0.05) is 11.8 Å². The van der Waals surface area contributed by atoms with E-state index in [1.54, 1.807) is 12.1 Å². The first-order valence-corrected chi connectivity index (χ1v) is 6.76. The molecule has 0 aliphatic rings. The van der Waals surface area contributed by atoms with Gasteiger partial charge in [0.2, 0.25) is 0 Å². The predicted molar refractivity (Wildman–Crippen MR) is 79.8 cm³/mol. The molecule has 0 bridgehead atoms. The van der Waals surface area contributed by atoms with Crippen molar-refractivity contribution in [2.75, 3.05) is 11.1 Å². The highest BCUT2D eigenvalue weighted by molar-refractivity contribution is 7.18. The number of nitrogens with one attached hydrogen (secondary N) is 1. The van der Waals surface area contributed by atoms with Crippen molar-refractivity contribution in [1.29, 1.82) is 0 Å². The summed E-state index contributed by atoms with van der Waals surface area (Å²) in [5.74, 6) is -0.531. The Morgan fingerprint density at radius 2 is 2.05 bits per heavy atom. The van der Waals surface area contributed by atoms with Gasteiger partial charge in [-0.3, -0.25) is 14.9 Å². The summed E-state index contributed by atoms with van der Waals surface area (Å²) in [6.07, 6.45) is 0. The minimum absolute atomic E-state index is 0.0523. The second-order valence-corrected chi connectivity index (χ2v) is 5.78. The van der Waals surface area contributed by atoms with Crippen LogP contribution in [0.2, 0.25) is 9.36 Å². The summed E-state index contributed by atoms with van der Waals surface area (Å²) in [5.41, 5.74) is 6.06. The Morgan fingerprint density at radius 1 is 1.35 bits per heavy atom. The Morgan fingerprint density at radius 3 is 2.60 bits per heavy atom. The molecule has 20 heavy (non-hydrogen) atoms. The first kappa shape index (κ1) is 14.6. The number of hydrogen-bond donors (Lipinski definition) is 2. The molecule has 0 fully saturated rings. The van der Waals surface area contributed by atoms with Crippen molar-refractivity contribution in [2.24, 2.45) is 0 Å². The maximum atomic E-state index is 12.0. The summed E-state index contributed by atoms with van der Waals surface area (Å²) in [7, 11) is 0. The summed E-state index contributed by atoms with van der Waals surface area (Å²) in [6.45, 7) is 0. The highest BCUT2D eigenvalue weighted by Crippen LogP contribution is 2.34. The molecule has 2 aromatic rings. The number of benzene rings is 1. The van der Waals surface area contributed by atoms with Crippen molar-refractivity contribution < 1.29 is 9.72 Å². The van der Waals surface area contributed by atoms with E-state index in [9.17, 15) is 14.9 Å². The number of carbonyl (C=O) groups excluding carboxylic acids is 1. The number of amides is 1. The van der Waals surface area contributed by atoms with E-state index in [2.05, 4.69) is 5.32 Å². The number of hydrogen-bond acceptors (Lipinski definition) is 5. The van der Waals surface area contributed by atoms with Gasteiger partial charge in [0.1, 0.15) is 4.88 Å². The van der Waals surface area contributed by atoms with Gasteiger partial charge in [-0.05, 0) is 18.2 Å². The van der Waals surface area contributed by atoms with Crippen LogP contribution in [0.5, 0.6) is 0 Å². The van der Waals surface area contributed by atoms with Crippen molar-refractivity contribution in [3.05, 3.63) is 48.6 Å². The van der Waals surface area contributed by atoms with Crippen LogP contribution in [-0.4, -0.2) is 10.8 Å². The average Bonchev–Trinajstić information content (AvgIpc) is 2.75. The molecule has 1 aromatic heterocycles. The summed E-state index contributed by atoms with van der Waals surface area (Å²) in [6, 6.07) is 5.72. The molecular weight excluding hydrogens is 325 g/mol. The molecule has 3 N–H and O–H groups in total. The van der Waals surface area contributed by atoms with Crippen LogP contribution < -0.4 is 11.1 Å². The zero-order valence-corrected chi connectivity index (χ0v) is 12.1. The van der Waals surface area contributed by atoms with Crippen LogP contribution in [0.1, 0.15) is 9.67 Å². The molecule has 1 amide bonds. The van der Waals surface area contributed by atoms with E-state index in [-0.39, 0.29) is 19.9 Å². The van der Waals surface area contributed by atoms with Gasteiger partial charge >= 0.3 is 0 Å². The minimum Gasteiger partial charge on any atom is -0.399 e. The van der Waals surface area contributed by atoms with Crippen LogP contribution in [0.4, 0.5) is 17.1 Å². The number of halogens is 2. The van der Waals surface area contributed by atoms with E-state index < -0.39 is 10.8 Å². The molecule has 9 heteroatoms. The predicted octanol–water partition coefficient (Wildman–Crippen LogP) is 3.80. The van der Waals surface area contributed by atoms with Gasteiger partial charge in [-0.25, -0.2) is 0 Å². The average molecular weight is 332 g/mol. The summed E-state index contributed by atoms with van der Waals surface area (Å²) < 4.78 is -0.0523. The van der Waals surface area contributed by atoms with E-state index in [1.807, 2.05) is 0 Å². The molecule has 0 spiro atoms. The monoisotopic (exact) mass is 331 g/mol. The Kier molecular flexibility index (Phi) is 4.12. The second-order valence-electron chi connectivity index (χ2n) is 3.72. The third kappa shape index (κ3) is 3.01. The largest absolute Gasteiger partial charge is 0.399 e. The number of thiophene rings is 1. The van der Waals surface area contributed by atoms with E-state index in [0.29, 0.717) is 11.4 Å². The number of rotatable bonds is 3. The summed E-state index contributed by atoms with van der Waals surface area (Å²) in [5, 5.41) is 13.5. The zero-order valence-electron chi connectivity index (χ0n) is 9.72. The van der Waals surface area contributed by atoms with Crippen LogP contribution in [0.25, 0.3) is 0 Å². The quantitative estimate of drug-likeness (QED) is 0.507. The molecule has 104 valence electrons. The van der Waals surface area contributed by atoms with Crippen molar-refractivity contribution >= 4 is 57.5 Å². The lowest BCUT2D eigenvalue weighted by atomic mass is 10.3. The molecule has 0 unspecified atom stereocenters. The molecule has 0 aliphatic carbocycles. The molecule has 0 aliphatic heterocycles. The number of nitrogens with two attached hydrogens (primary N) is 1. The fraction of sp³-hybridized carbons (Fsp3) is 0. The SMILES string of the molecule is Nc1ccc(NC(=O)c2cc([N+](=O)[O-])c(Cl)s2)c(Cl)c1. The third-order valence-electron chi connectivity index (χ3n) is 2.33. The fourth-order valence-corrected chi connectivity index (χ4v) is 2.77. The molecule has 1 heterocycles. The van der Waals surface area contributed by atoms with Gasteiger partial charge in [0.15, 0.2) is 4.34 Å². The molecule has 0 radical (unpaired) electrons. The smallest absolute Gasteiger partial charge is 0.299 e. The van der Waals surface area contributed by atoms with Crippen molar-refractivity contribution in [3.8, 4) is 0 Å². The summed E-state index contributed by atoms with van der Waals surface area (Å²) >= 11 is 12.4. The Bertz CT molecular complexity index is 702. The van der Waals surface area contributed by atoms with Crippen molar-refractivity contribution in [3.63, 3.8) is 0 Å². The Balaban J connectivity index is 2.24. The van der Waals surface area contributed by atoms with Crippen molar-refractivity contribution in [1.82, 2.24) is 0 Å². The number of nitro groups is 1. The molecule has 6 nitrogen and oxygen atoms in total. The van der Waals surface area contributed by atoms with Crippen molar-refractivity contribution in [2.45, 2.75) is 0 Å². The van der Waals surface area contributed by atoms with E-state index in [4.69, 9.17) is 28.9 Å². The number of carbonyl (C=O) groups is 1. The molecule has 0 atom stereocenters. The van der Waals surface area contributed by atoms with Crippen LogP contribution in [-0.2, 0) is 0 Å². The van der Waals surface area contributed by atoms with Gasteiger partial charge in [-0.15, -0.1) is 11.3 Å². The van der Waals surface area contributed by atoms with Gasteiger partial charge in [-0.1, -0.05) is 23.2 Å². The lowest BCUT2D eigenvalue weighted by Gasteiger charge is -2.06. The lowest BCUT2D eigenvalue weighted by Crippen LogP contribution is -2.10. The molecule has 0 saturated heterocycles. The molecule has 2 rings (SSSR count). The molecular formula is C11H7Cl2N3O3S. The molecule has 0 saturated carbocycles. The van der Waals surface area contributed by atoms with Crippen LogP contribution in [0, 0.1) is 10.1 Å². The fourth-order valence-electron chi connectivity index (χ4n) is 1.41. The van der Waals surface area contributed by atoms with E-state index >= 15 is 0 Å². The van der Waals surface area contributed by atoms with Crippen LogP contribution >= 0.6 is 34.5 Å². The third-order valence-corrected chi connectivity index (χ3v) is 3.98. The number of nitrogen functional groups attached to an aromatic ring is 1. The summed E-state index contributed by atoms with van der Waals surface area (Å²) in [4.78, 5) is 22.1. The second kappa shape index (κ2) is 5.66. The van der Waals surface area contributed by atoms with Gasteiger partial charge < -0.3 is 11.1 Å². The topological polar surface area (TPSA) is 98.3 Å². The first-order valence-electron chi connectivity index (χ1n) is 5.18. The Labute approximate surface area is 127 Å². The maximum Gasteiger partial charge on any atom is 0.299 e. The Hall–Kier alpha value is -1.83. The first-order chi connectivity index (χ1) is 9.38. The van der Waals surface area contributed by atoms with Gasteiger partial charge in [0.05, 0.1) is 15.6 Å². The van der Waals surface area contributed by atoms with E-state index in [1.165, 1.54) is 6.07 Å². The number of anilines is 2.